The van der Waals surface area contributed by atoms with Crippen molar-refractivity contribution in [3.8, 4) is 0 Å². The van der Waals surface area contributed by atoms with E-state index in [0.717, 1.165) is 57.4 Å². The van der Waals surface area contributed by atoms with Crippen molar-refractivity contribution < 1.29 is 4.79 Å². The third kappa shape index (κ3) is 4.70. The summed E-state index contributed by atoms with van der Waals surface area (Å²) in [5.41, 5.74) is 0.111. The van der Waals surface area contributed by atoms with Gasteiger partial charge in [0, 0.05) is 50.6 Å². The largest absolute Gasteiger partial charge is 0.357 e. The van der Waals surface area contributed by atoms with E-state index in [9.17, 15) is 4.79 Å². The fraction of sp³-hybridized carbons (Fsp3) is 0.900. The highest BCUT2D eigenvalue weighted by atomic mass is 16.1. The third-order valence-corrected chi connectivity index (χ3v) is 6.31. The van der Waals surface area contributed by atoms with Crippen LogP contribution in [-0.2, 0) is 4.79 Å². The van der Waals surface area contributed by atoms with Gasteiger partial charge in [-0.15, -0.1) is 0 Å². The van der Waals surface area contributed by atoms with Crippen LogP contribution in [0.5, 0.6) is 0 Å². The standard InChI is InChI=1S/C20H37N5O/c1-4-21-19(22-12-17(3)24-9-5-7-16(2)13-24)25-10-6-8-20(15-25)11-18(26)23-14-20/h16-17H,4-15H2,1-3H3,(H,21,22)(H,23,26). The van der Waals surface area contributed by atoms with Gasteiger partial charge in [-0.25, -0.2) is 0 Å². The molecule has 0 aliphatic carbocycles. The topological polar surface area (TPSA) is 60.0 Å². The first-order valence-electron chi connectivity index (χ1n) is 10.6. The van der Waals surface area contributed by atoms with Crippen LogP contribution in [0.25, 0.3) is 0 Å². The van der Waals surface area contributed by atoms with Gasteiger partial charge in [-0.05, 0) is 52.0 Å². The van der Waals surface area contributed by atoms with Gasteiger partial charge in [-0.3, -0.25) is 14.7 Å². The lowest BCUT2D eigenvalue weighted by Gasteiger charge is -2.41. The molecule has 6 nitrogen and oxygen atoms in total. The van der Waals surface area contributed by atoms with Crippen molar-refractivity contribution >= 4 is 11.9 Å². The SMILES string of the molecule is CCNC(=NCC(C)N1CCCC(C)C1)N1CCCC2(CNC(=O)C2)C1. The number of aliphatic imine (C=N–C) groups is 1. The number of hydrogen-bond donors (Lipinski definition) is 2. The van der Waals surface area contributed by atoms with E-state index in [2.05, 4.69) is 41.2 Å². The van der Waals surface area contributed by atoms with Gasteiger partial charge in [-0.1, -0.05) is 6.92 Å². The van der Waals surface area contributed by atoms with Crippen LogP contribution in [0.15, 0.2) is 4.99 Å². The molecule has 0 aromatic carbocycles. The Balaban J connectivity index is 1.62. The lowest BCUT2D eigenvalue weighted by molar-refractivity contribution is -0.119. The number of nitrogens with zero attached hydrogens (tertiary/aromatic N) is 3. The van der Waals surface area contributed by atoms with Gasteiger partial charge in [0.15, 0.2) is 5.96 Å². The van der Waals surface area contributed by atoms with E-state index in [1.54, 1.807) is 0 Å². The molecule has 1 spiro atoms. The fourth-order valence-electron chi connectivity index (χ4n) is 4.81. The van der Waals surface area contributed by atoms with Crippen molar-refractivity contribution in [2.24, 2.45) is 16.3 Å². The molecule has 0 aromatic heterocycles. The Morgan fingerprint density at radius 3 is 2.96 bits per heavy atom. The van der Waals surface area contributed by atoms with Gasteiger partial charge in [0.05, 0.1) is 6.54 Å². The molecule has 3 aliphatic heterocycles. The van der Waals surface area contributed by atoms with Gasteiger partial charge in [0.1, 0.15) is 0 Å². The molecule has 3 saturated heterocycles. The number of carbonyl (C=O) groups excluding carboxylic acids is 1. The monoisotopic (exact) mass is 363 g/mol. The number of nitrogens with one attached hydrogen (secondary N) is 2. The fourth-order valence-corrected chi connectivity index (χ4v) is 4.81. The molecule has 0 aromatic rings. The third-order valence-electron chi connectivity index (χ3n) is 6.31. The Labute approximate surface area is 158 Å². The van der Waals surface area contributed by atoms with E-state index in [1.165, 1.54) is 25.9 Å². The van der Waals surface area contributed by atoms with Crippen molar-refractivity contribution in [2.75, 3.05) is 45.8 Å². The molecule has 3 aliphatic rings. The van der Waals surface area contributed by atoms with Crippen LogP contribution in [-0.4, -0.2) is 73.5 Å². The number of rotatable bonds is 4. The molecule has 26 heavy (non-hydrogen) atoms. The first-order chi connectivity index (χ1) is 12.5. The van der Waals surface area contributed by atoms with Crippen molar-refractivity contribution in [2.45, 2.75) is 58.9 Å². The molecular formula is C20H37N5O. The highest BCUT2D eigenvalue weighted by molar-refractivity contribution is 5.81. The summed E-state index contributed by atoms with van der Waals surface area (Å²) in [5, 5.41) is 6.53. The molecular weight excluding hydrogens is 326 g/mol. The number of hydrogen-bond acceptors (Lipinski definition) is 3. The normalized spacial score (nSPS) is 32.0. The zero-order chi connectivity index (χ0) is 18.6. The molecule has 3 unspecified atom stereocenters. The predicted molar refractivity (Wildman–Crippen MR) is 106 cm³/mol. The van der Waals surface area contributed by atoms with Gasteiger partial charge in [0.25, 0.3) is 0 Å². The maximum absolute atomic E-state index is 11.8. The summed E-state index contributed by atoms with van der Waals surface area (Å²) in [6.45, 7) is 13.7. The summed E-state index contributed by atoms with van der Waals surface area (Å²) in [6.07, 6.45) is 5.62. The minimum absolute atomic E-state index is 0.111. The van der Waals surface area contributed by atoms with Crippen LogP contribution in [0.3, 0.4) is 0 Å². The number of likely N-dealkylation sites (tertiary alicyclic amines) is 2. The summed E-state index contributed by atoms with van der Waals surface area (Å²) < 4.78 is 0. The van der Waals surface area contributed by atoms with E-state index >= 15 is 0 Å². The number of piperidine rings is 2. The molecule has 6 heteroatoms. The molecule has 3 atom stereocenters. The minimum atomic E-state index is 0.111. The van der Waals surface area contributed by atoms with E-state index in [0.29, 0.717) is 12.5 Å². The summed E-state index contributed by atoms with van der Waals surface area (Å²) in [5.74, 6) is 2.04. The van der Waals surface area contributed by atoms with E-state index in [4.69, 9.17) is 4.99 Å². The summed E-state index contributed by atoms with van der Waals surface area (Å²) in [6, 6.07) is 0.486. The Hall–Kier alpha value is -1.30. The van der Waals surface area contributed by atoms with Crippen LogP contribution in [0.2, 0.25) is 0 Å². The van der Waals surface area contributed by atoms with Crippen molar-refractivity contribution in [1.82, 2.24) is 20.4 Å². The first kappa shape index (κ1) is 19.5. The number of guanidine groups is 1. The Morgan fingerprint density at radius 1 is 1.42 bits per heavy atom. The second-order valence-electron chi connectivity index (χ2n) is 8.76. The average Bonchev–Trinajstić information content (AvgIpc) is 2.98. The molecule has 3 fully saturated rings. The van der Waals surface area contributed by atoms with Crippen molar-refractivity contribution in [3.63, 3.8) is 0 Å². The van der Waals surface area contributed by atoms with Gasteiger partial charge in [0.2, 0.25) is 5.91 Å². The quantitative estimate of drug-likeness (QED) is 0.589. The molecule has 0 saturated carbocycles. The van der Waals surface area contributed by atoms with E-state index < -0.39 is 0 Å². The zero-order valence-corrected chi connectivity index (χ0v) is 16.9. The maximum Gasteiger partial charge on any atom is 0.220 e. The molecule has 0 radical (unpaired) electrons. The van der Waals surface area contributed by atoms with Gasteiger partial charge in [-0.2, -0.15) is 0 Å². The highest BCUT2D eigenvalue weighted by Gasteiger charge is 2.42. The molecule has 148 valence electrons. The number of carbonyl (C=O) groups is 1. The van der Waals surface area contributed by atoms with Crippen molar-refractivity contribution in [3.05, 3.63) is 0 Å². The van der Waals surface area contributed by atoms with Crippen LogP contribution >= 0.6 is 0 Å². The molecule has 0 bridgehead atoms. The van der Waals surface area contributed by atoms with Crippen LogP contribution in [0, 0.1) is 11.3 Å². The predicted octanol–water partition coefficient (Wildman–Crippen LogP) is 1.67. The summed E-state index contributed by atoms with van der Waals surface area (Å²) >= 11 is 0. The smallest absolute Gasteiger partial charge is 0.220 e. The molecule has 1 amide bonds. The summed E-state index contributed by atoms with van der Waals surface area (Å²) in [4.78, 5) is 21.7. The Kier molecular flexibility index (Phi) is 6.43. The maximum atomic E-state index is 11.8. The second-order valence-corrected chi connectivity index (χ2v) is 8.76. The van der Waals surface area contributed by atoms with E-state index in [-0.39, 0.29) is 11.3 Å². The van der Waals surface area contributed by atoms with Crippen molar-refractivity contribution in [1.29, 1.82) is 0 Å². The molecule has 3 heterocycles. The first-order valence-corrected chi connectivity index (χ1v) is 10.6. The zero-order valence-electron chi connectivity index (χ0n) is 16.9. The minimum Gasteiger partial charge on any atom is -0.357 e. The lowest BCUT2D eigenvalue weighted by atomic mass is 9.79. The van der Waals surface area contributed by atoms with Crippen LogP contribution < -0.4 is 10.6 Å². The Morgan fingerprint density at radius 2 is 2.27 bits per heavy atom. The van der Waals surface area contributed by atoms with Crippen LogP contribution in [0.1, 0.15) is 52.9 Å². The molecule has 3 rings (SSSR count). The molecule has 2 N–H and O–H groups in total. The van der Waals surface area contributed by atoms with Crippen LogP contribution in [0.4, 0.5) is 0 Å². The average molecular weight is 364 g/mol. The second kappa shape index (κ2) is 8.59. The lowest BCUT2D eigenvalue weighted by Crippen LogP contribution is -2.51. The number of amides is 1. The van der Waals surface area contributed by atoms with E-state index in [1.807, 2.05) is 0 Å². The van der Waals surface area contributed by atoms with Gasteiger partial charge < -0.3 is 15.5 Å². The summed E-state index contributed by atoms with van der Waals surface area (Å²) in [7, 11) is 0. The van der Waals surface area contributed by atoms with Gasteiger partial charge >= 0.3 is 0 Å². The Bertz CT molecular complexity index is 522. The highest BCUT2D eigenvalue weighted by Crippen LogP contribution is 2.36.